The van der Waals surface area contributed by atoms with Crippen LogP contribution in [0.5, 0.6) is 5.75 Å². The molecule has 0 radical (unpaired) electrons. The molecule has 0 spiro atoms. The van der Waals surface area contributed by atoms with E-state index in [0.29, 0.717) is 0 Å². The van der Waals surface area contributed by atoms with Crippen LogP contribution >= 0.6 is 0 Å². The molecule has 0 unspecified atom stereocenters. The molecule has 0 heterocycles. The van der Waals surface area contributed by atoms with Crippen molar-refractivity contribution in [1.29, 1.82) is 10.5 Å². The number of hydrogen-bond acceptors (Lipinski definition) is 3. The van der Waals surface area contributed by atoms with Gasteiger partial charge in [-0.15, -0.1) is 0 Å². The van der Waals surface area contributed by atoms with Crippen molar-refractivity contribution in [2.45, 2.75) is 6.42 Å². The lowest BCUT2D eigenvalue weighted by Crippen LogP contribution is -1.96. The highest BCUT2D eigenvalue weighted by Crippen LogP contribution is 2.23. The van der Waals surface area contributed by atoms with Crippen LogP contribution in [0.25, 0.3) is 0 Å². The number of hydrogen-bond donors (Lipinski definition) is 0. The fraction of sp³-hybridized carbons (Fsp3) is 0.200. The molecule has 0 saturated heterocycles. The summed E-state index contributed by atoms with van der Waals surface area (Å²) in [6, 6.07) is 6.15. The van der Waals surface area contributed by atoms with Crippen molar-refractivity contribution in [2.24, 2.45) is 0 Å². The van der Waals surface area contributed by atoms with Crippen molar-refractivity contribution in [1.82, 2.24) is 0 Å². The smallest absolute Gasteiger partial charge is 0.132 e. The molecule has 3 nitrogen and oxygen atoms in total. The lowest BCUT2D eigenvalue weighted by Gasteiger charge is -2.06. The van der Waals surface area contributed by atoms with E-state index in [1.807, 2.05) is 12.1 Å². The molecule has 0 aliphatic rings. The molecule has 0 aliphatic heterocycles. The summed E-state index contributed by atoms with van der Waals surface area (Å²) in [4.78, 5) is 0. The van der Waals surface area contributed by atoms with Gasteiger partial charge in [0.1, 0.15) is 11.6 Å². The molecule has 0 amide bonds. The first kappa shape index (κ1) is 10.0. The molecule has 0 saturated carbocycles. The van der Waals surface area contributed by atoms with Crippen LogP contribution in [-0.2, 0) is 6.42 Å². The van der Waals surface area contributed by atoms with Crippen LogP contribution < -0.4 is 4.74 Å². The minimum Gasteiger partial charge on any atom is -0.496 e. The Hall–Kier alpha value is -2.07. The van der Waals surface area contributed by atoms with E-state index in [1.54, 1.807) is 0 Å². The van der Waals surface area contributed by atoms with Crippen LogP contribution in [0.4, 0.5) is 4.39 Å². The van der Waals surface area contributed by atoms with E-state index in [2.05, 4.69) is 0 Å². The van der Waals surface area contributed by atoms with Crippen molar-refractivity contribution in [2.75, 3.05) is 7.11 Å². The van der Waals surface area contributed by atoms with Gasteiger partial charge in [0, 0.05) is 5.56 Å². The quantitative estimate of drug-likeness (QED) is 0.714. The molecule has 4 heteroatoms. The molecule has 0 N–H and O–H groups in total. The Kier molecular flexibility index (Phi) is 3.04. The fourth-order valence-corrected chi connectivity index (χ4v) is 1.11. The predicted octanol–water partition coefficient (Wildman–Crippen LogP) is 1.77. The van der Waals surface area contributed by atoms with Gasteiger partial charge in [-0.05, 0) is 12.1 Å². The van der Waals surface area contributed by atoms with Gasteiger partial charge < -0.3 is 4.74 Å². The Balaban J connectivity index is 3.30. The highest BCUT2D eigenvalue weighted by molar-refractivity contribution is 5.44. The van der Waals surface area contributed by atoms with Crippen molar-refractivity contribution in [3.8, 4) is 17.9 Å². The van der Waals surface area contributed by atoms with E-state index in [0.717, 1.165) is 6.07 Å². The zero-order valence-corrected chi connectivity index (χ0v) is 7.54. The maximum Gasteiger partial charge on any atom is 0.132 e. The Bertz CT molecular complexity index is 429. The van der Waals surface area contributed by atoms with Crippen LogP contribution in [0, 0.1) is 28.5 Å². The summed E-state index contributed by atoms with van der Waals surface area (Å²) in [7, 11) is 1.37. The topological polar surface area (TPSA) is 56.8 Å². The predicted molar refractivity (Wildman–Crippen MR) is 47.0 cm³/mol. The third-order valence-corrected chi connectivity index (χ3v) is 1.76. The second kappa shape index (κ2) is 4.25. The lowest BCUT2D eigenvalue weighted by atomic mass is 10.1. The van der Waals surface area contributed by atoms with E-state index < -0.39 is 5.82 Å². The lowest BCUT2D eigenvalue weighted by molar-refractivity contribution is 0.406. The Morgan fingerprint density at radius 1 is 1.43 bits per heavy atom. The minimum atomic E-state index is -0.581. The van der Waals surface area contributed by atoms with Crippen LogP contribution in [0.3, 0.4) is 0 Å². The molecule has 14 heavy (non-hydrogen) atoms. The molecule has 1 rings (SSSR count). The number of nitrogens with zero attached hydrogens (tertiary/aromatic N) is 2. The molecule has 0 fully saturated rings. The highest BCUT2D eigenvalue weighted by atomic mass is 19.1. The van der Waals surface area contributed by atoms with Gasteiger partial charge in [-0.3, -0.25) is 0 Å². The number of halogens is 1. The minimum absolute atomic E-state index is 0.0687. The SMILES string of the molecule is COc1cc(C#N)cc(F)c1CC#N. The van der Waals surface area contributed by atoms with E-state index in [1.165, 1.54) is 13.2 Å². The van der Waals surface area contributed by atoms with Gasteiger partial charge in [-0.25, -0.2) is 4.39 Å². The number of nitriles is 2. The zero-order valence-electron chi connectivity index (χ0n) is 7.54. The van der Waals surface area contributed by atoms with Crippen molar-refractivity contribution in [3.63, 3.8) is 0 Å². The van der Waals surface area contributed by atoms with Gasteiger partial charge in [0.15, 0.2) is 0 Å². The van der Waals surface area contributed by atoms with E-state index in [4.69, 9.17) is 15.3 Å². The Morgan fingerprint density at radius 3 is 2.64 bits per heavy atom. The largest absolute Gasteiger partial charge is 0.496 e. The summed E-state index contributed by atoms with van der Waals surface area (Å²) in [6.45, 7) is 0. The first-order chi connectivity index (χ1) is 6.72. The third-order valence-electron chi connectivity index (χ3n) is 1.76. The zero-order chi connectivity index (χ0) is 10.6. The van der Waals surface area contributed by atoms with Crippen LogP contribution in [0.1, 0.15) is 11.1 Å². The monoisotopic (exact) mass is 190 g/mol. The first-order valence-electron chi connectivity index (χ1n) is 3.86. The fourth-order valence-electron chi connectivity index (χ4n) is 1.11. The standard InChI is InChI=1S/C10H7FN2O/c1-14-10-5-7(6-13)4-9(11)8(10)2-3-12/h4-5H,2H2,1H3. The van der Waals surface area contributed by atoms with Gasteiger partial charge in [0.25, 0.3) is 0 Å². The molecule has 0 aromatic heterocycles. The third kappa shape index (κ3) is 1.81. The Morgan fingerprint density at radius 2 is 2.14 bits per heavy atom. The number of rotatable bonds is 2. The molecule has 70 valence electrons. The average molecular weight is 190 g/mol. The van der Waals surface area contributed by atoms with Gasteiger partial charge in [0.2, 0.25) is 0 Å². The van der Waals surface area contributed by atoms with E-state index >= 15 is 0 Å². The average Bonchev–Trinajstić information content (AvgIpc) is 2.20. The number of methoxy groups -OCH3 is 1. The maximum absolute atomic E-state index is 13.3. The summed E-state index contributed by atoms with van der Waals surface area (Å²) in [6.07, 6.45) is -0.0687. The number of benzene rings is 1. The normalized spacial score (nSPS) is 8.86. The molecule has 1 aromatic carbocycles. The summed E-state index contributed by atoms with van der Waals surface area (Å²) in [5.41, 5.74) is 0.370. The summed E-state index contributed by atoms with van der Waals surface area (Å²) < 4.78 is 18.2. The van der Waals surface area contributed by atoms with Gasteiger partial charge in [-0.1, -0.05) is 0 Å². The Labute approximate surface area is 81.0 Å². The van der Waals surface area contributed by atoms with Gasteiger partial charge in [0.05, 0.1) is 31.2 Å². The molecule has 0 bridgehead atoms. The van der Waals surface area contributed by atoms with Crippen molar-refractivity contribution < 1.29 is 9.13 Å². The first-order valence-corrected chi connectivity index (χ1v) is 3.86. The van der Waals surface area contributed by atoms with E-state index in [9.17, 15) is 4.39 Å². The second-order valence-electron chi connectivity index (χ2n) is 2.59. The number of ether oxygens (including phenoxy) is 1. The van der Waals surface area contributed by atoms with Crippen LogP contribution in [0.15, 0.2) is 12.1 Å². The molecular weight excluding hydrogens is 183 g/mol. The van der Waals surface area contributed by atoms with Crippen LogP contribution in [-0.4, -0.2) is 7.11 Å². The highest BCUT2D eigenvalue weighted by Gasteiger charge is 2.10. The summed E-state index contributed by atoms with van der Waals surface area (Å²) in [5, 5.41) is 17.0. The summed E-state index contributed by atoms with van der Waals surface area (Å²) >= 11 is 0. The van der Waals surface area contributed by atoms with Gasteiger partial charge >= 0.3 is 0 Å². The second-order valence-corrected chi connectivity index (χ2v) is 2.59. The van der Waals surface area contributed by atoms with Crippen LogP contribution in [0.2, 0.25) is 0 Å². The van der Waals surface area contributed by atoms with Gasteiger partial charge in [-0.2, -0.15) is 10.5 Å². The molecular formula is C10H7FN2O. The molecule has 0 atom stereocenters. The molecule has 1 aromatic rings. The molecule has 0 aliphatic carbocycles. The van der Waals surface area contributed by atoms with E-state index in [-0.39, 0.29) is 23.3 Å². The van der Waals surface area contributed by atoms with Crippen molar-refractivity contribution >= 4 is 0 Å². The maximum atomic E-state index is 13.3. The van der Waals surface area contributed by atoms with Crippen molar-refractivity contribution in [3.05, 3.63) is 29.1 Å². The summed E-state index contributed by atoms with van der Waals surface area (Å²) in [5.74, 6) is -0.342.